The smallest absolute Gasteiger partial charge is 0.261 e. The Balaban J connectivity index is 2.10. The number of hydrogen-bond donors (Lipinski definition) is 1. The number of carbonyl (C=O) groups excluding carboxylic acids is 1. The SMILES string of the molecule is C=CC(=O)N1CC/C(=C\C=C(/C=C)NS(=O)(=O)c2ccccc2)C1. The maximum absolute atomic E-state index is 12.3. The maximum atomic E-state index is 12.3. The van der Waals surface area contributed by atoms with Crippen molar-refractivity contribution in [2.24, 2.45) is 0 Å². The molecule has 1 aliphatic rings. The lowest BCUT2D eigenvalue weighted by molar-refractivity contribution is -0.124. The Kier molecular flexibility index (Phi) is 5.76. The van der Waals surface area contributed by atoms with Crippen LogP contribution in [0, 0.1) is 0 Å². The quantitative estimate of drug-likeness (QED) is 0.636. The molecule has 0 radical (unpaired) electrons. The van der Waals surface area contributed by atoms with Gasteiger partial charge in [-0.1, -0.05) is 37.4 Å². The van der Waals surface area contributed by atoms with E-state index in [1.54, 1.807) is 29.2 Å². The van der Waals surface area contributed by atoms with Crippen molar-refractivity contribution in [2.45, 2.75) is 11.3 Å². The maximum Gasteiger partial charge on any atom is 0.261 e. The minimum absolute atomic E-state index is 0.101. The Labute approximate surface area is 142 Å². The second kappa shape index (κ2) is 7.79. The van der Waals surface area contributed by atoms with Gasteiger partial charge in [0.25, 0.3) is 10.0 Å². The fraction of sp³-hybridized carbons (Fsp3) is 0.167. The number of nitrogens with one attached hydrogen (secondary N) is 1. The summed E-state index contributed by atoms with van der Waals surface area (Å²) in [4.78, 5) is 13.4. The average molecular weight is 344 g/mol. The highest BCUT2D eigenvalue weighted by Crippen LogP contribution is 2.16. The van der Waals surface area contributed by atoms with E-state index < -0.39 is 10.0 Å². The van der Waals surface area contributed by atoms with Crippen LogP contribution >= 0.6 is 0 Å². The van der Waals surface area contributed by atoms with Crippen LogP contribution < -0.4 is 4.72 Å². The van der Waals surface area contributed by atoms with Crippen LogP contribution in [-0.4, -0.2) is 32.3 Å². The largest absolute Gasteiger partial charge is 0.335 e. The summed E-state index contributed by atoms with van der Waals surface area (Å²) >= 11 is 0. The van der Waals surface area contributed by atoms with E-state index in [0.717, 1.165) is 12.0 Å². The molecule has 0 unspecified atom stereocenters. The Morgan fingerprint density at radius 3 is 2.50 bits per heavy atom. The fourth-order valence-corrected chi connectivity index (χ4v) is 3.40. The van der Waals surface area contributed by atoms with Gasteiger partial charge in [0.15, 0.2) is 0 Å². The van der Waals surface area contributed by atoms with Crippen LogP contribution in [0.3, 0.4) is 0 Å². The van der Waals surface area contributed by atoms with Crippen LogP contribution in [0.1, 0.15) is 6.42 Å². The van der Waals surface area contributed by atoms with Crippen LogP contribution in [0.2, 0.25) is 0 Å². The number of allylic oxidation sites excluding steroid dienone is 3. The fourth-order valence-electron chi connectivity index (χ4n) is 2.30. The van der Waals surface area contributed by atoms with Crippen LogP contribution in [0.4, 0.5) is 0 Å². The van der Waals surface area contributed by atoms with E-state index in [0.29, 0.717) is 18.8 Å². The molecule has 2 rings (SSSR count). The minimum atomic E-state index is -3.64. The number of likely N-dealkylation sites (tertiary alicyclic amines) is 1. The van der Waals surface area contributed by atoms with Crippen LogP contribution in [0.25, 0.3) is 0 Å². The van der Waals surface area contributed by atoms with Crippen molar-refractivity contribution in [3.8, 4) is 0 Å². The molecular weight excluding hydrogens is 324 g/mol. The van der Waals surface area contributed by atoms with Crippen molar-refractivity contribution in [1.82, 2.24) is 9.62 Å². The van der Waals surface area contributed by atoms with E-state index in [1.807, 2.05) is 6.08 Å². The summed E-state index contributed by atoms with van der Waals surface area (Å²) in [5.41, 5.74) is 1.42. The molecule has 1 aliphatic heterocycles. The predicted octanol–water partition coefficient (Wildman–Crippen LogP) is 2.38. The zero-order valence-electron chi connectivity index (χ0n) is 13.3. The molecule has 1 heterocycles. The lowest BCUT2D eigenvalue weighted by Crippen LogP contribution is -2.25. The van der Waals surface area contributed by atoms with Gasteiger partial charge in [-0.3, -0.25) is 9.52 Å². The molecule has 0 saturated carbocycles. The Hall–Kier alpha value is -2.60. The molecule has 0 atom stereocenters. The molecule has 24 heavy (non-hydrogen) atoms. The normalized spacial score (nSPS) is 16.9. The molecule has 0 aliphatic carbocycles. The van der Waals surface area contributed by atoms with Crippen LogP contribution in [0.15, 0.2) is 84.0 Å². The molecule has 1 aromatic rings. The highest BCUT2D eigenvalue weighted by Gasteiger charge is 2.19. The minimum Gasteiger partial charge on any atom is -0.335 e. The highest BCUT2D eigenvalue weighted by molar-refractivity contribution is 7.89. The molecule has 1 amide bonds. The van der Waals surface area contributed by atoms with Gasteiger partial charge in [0.1, 0.15) is 0 Å². The van der Waals surface area contributed by atoms with Gasteiger partial charge in [-0.25, -0.2) is 8.42 Å². The van der Waals surface area contributed by atoms with E-state index in [4.69, 9.17) is 0 Å². The third-order valence-electron chi connectivity index (χ3n) is 3.61. The van der Waals surface area contributed by atoms with E-state index in [1.165, 1.54) is 24.3 Å². The first-order valence-corrected chi connectivity index (χ1v) is 8.96. The van der Waals surface area contributed by atoms with E-state index in [9.17, 15) is 13.2 Å². The van der Waals surface area contributed by atoms with Crippen molar-refractivity contribution >= 4 is 15.9 Å². The Bertz CT molecular complexity index is 793. The van der Waals surface area contributed by atoms with Crippen molar-refractivity contribution in [3.05, 3.63) is 79.1 Å². The van der Waals surface area contributed by atoms with E-state index >= 15 is 0 Å². The highest BCUT2D eigenvalue weighted by atomic mass is 32.2. The summed E-state index contributed by atoms with van der Waals surface area (Å²) in [7, 11) is -3.64. The summed E-state index contributed by atoms with van der Waals surface area (Å²) < 4.78 is 27.1. The first-order chi connectivity index (χ1) is 11.5. The Morgan fingerprint density at radius 1 is 1.17 bits per heavy atom. The second-order valence-corrected chi connectivity index (χ2v) is 6.97. The second-order valence-electron chi connectivity index (χ2n) is 5.28. The Morgan fingerprint density at radius 2 is 1.88 bits per heavy atom. The van der Waals surface area contributed by atoms with Crippen molar-refractivity contribution in [3.63, 3.8) is 0 Å². The summed E-state index contributed by atoms with van der Waals surface area (Å²) in [6, 6.07) is 8.13. The van der Waals surface area contributed by atoms with Crippen LogP contribution in [-0.2, 0) is 14.8 Å². The predicted molar refractivity (Wildman–Crippen MR) is 94.5 cm³/mol. The topological polar surface area (TPSA) is 66.5 Å². The van der Waals surface area contributed by atoms with Gasteiger partial charge < -0.3 is 4.90 Å². The van der Waals surface area contributed by atoms with Crippen molar-refractivity contribution < 1.29 is 13.2 Å². The first-order valence-electron chi connectivity index (χ1n) is 7.47. The summed E-state index contributed by atoms with van der Waals surface area (Å²) in [6.45, 7) is 8.28. The third kappa shape index (κ3) is 4.45. The lowest BCUT2D eigenvalue weighted by Gasteiger charge is -2.11. The molecule has 1 aromatic carbocycles. The molecule has 1 saturated heterocycles. The van der Waals surface area contributed by atoms with Gasteiger partial charge in [-0.15, -0.1) is 0 Å². The average Bonchev–Trinajstić information content (AvgIpc) is 3.07. The zero-order valence-corrected chi connectivity index (χ0v) is 14.1. The van der Waals surface area contributed by atoms with Crippen LogP contribution in [0.5, 0.6) is 0 Å². The standard InChI is InChI=1S/C18H20N2O3S/c1-3-16(19-24(22,23)17-8-6-5-7-9-17)11-10-15-12-13-20(14-15)18(21)4-2/h3-11,19H,1-2,12-14H2/b15-10+,16-11+. The number of nitrogens with zero attached hydrogens (tertiary/aromatic N) is 1. The zero-order chi connectivity index (χ0) is 17.6. The van der Waals surface area contributed by atoms with Gasteiger partial charge in [0, 0.05) is 18.8 Å². The number of sulfonamides is 1. The third-order valence-corrected chi connectivity index (χ3v) is 5.00. The molecule has 0 aromatic heterocycles. The molecule has 0 bridgehead atoms. The van der Waals surface area contributed by atoms with E-state index in [-0.39, 0.29) is 10.8 Å². The lowest BCUT2D eigenvalue weighted by atomic mass is 10.2. The van der Waals surface area contributed by atoms with Gasteiger partial charge in [-0.05, 0) is 42.4 Å². The van der Waals surface area contributed by atoms with Gasteiger partial charge in [-0.2, -0.15) is 0 Å². The van der Waals surface area contributed by atoms with E-state index in [2.05, 4.69) is 17.9 Å². The molecule has 1 fully saturated rings. The number of rotatable bonds is 6. The molecule has 126 valence electrons. The van der Waals surface area contributed by atoms with Crippen molar-refractivity contribution in [1.29, 1.82) is 0 Å². The van der Waals surface area contributed by atoms with Gasteiger partial charge >= 0.3 is 0 Å². The molecule has 1 N–H and O–H groups in total. The monoisotopic (exact) mass is 344 g/mol. The number of benzene rings is 1. The number of amides is 1. The summed E-state index contributed by atoms with van der Waals surface area (Å²) in [5, 5.41) is 0. The van der Waals surface area contributed by atoms with Gasteiger partial charge in [0.2, 0.25) is 5.91 Å². The summed E-state index contributed by atoms with van der Waals surface area (Å²) in [5.74, 6) is -0.101. The number of carbonyl (C=O) groups is 1. The molecule has 6 heteroatoms. The number of hydrogen-bond acceptors (Lipinski definition) is 3. The van der Waals surface area contributed by atoms with Crippen molar-refractivity contribution in [2.75, 3.05) is 13.1 Å². The van der Waals surface area contributed by atoms with Gasteiger partial charge in [0.05, 0.1) is 4.90 Å². The summed E-state index contributed by atoms with van der Waals surface area (Å²) in [6.07, 6.45) is 6.97. The molecule has 0 spiro atoms. The molecule has 5 nitrogen and oxygen atoms in total. The molecular formula is C18H20N2O3S. The first kappa shape index (κ1) is 17.7.